The van der Waals surface area contributed by atoms with Crippen LogP contribution in [0, 0.1) is 6.92 Å². The average molecular weight is 351 g/mol. The Hall–Kier alpha value is -1.85. The van der Waals surface area contributed by atoms with Crippen molar-refractivity contribution >= 4 is 34.6 Å². The Kier molecular flexibility index (Phi) is 6.62. The third kappa shape index (κ3) is 5.69. The van der Waals surface area contributed by atoms with Gasteiger partial charge in [-0.05, 0) is 55.5 Å². The van der Waals surface area contributed by atoms with E-state index in [-0.39, 0.29) is 5.91 Å². The molecular weight excluding hydrogens is 332 g/mol. The highest BCUT2D eigenvalue weighted by Crippen LogP contribution is 2.21. The van der Waals surface area contributed by atoms with Crippen LogP contribution in [0.5, 0.6) is 5.75 Å². The van der Waals surface area contributed by atoms with Crippen LogP contribution in [0.4, 0.5) is 0 Å². The number of hydrogen-bond donors (Lipinski definition) is 1. The Balaban J connectivity index is 1.70. The Morgan fingerprint density at radius 1 is 1.39 bits per heavy atom. The van der Waals surface area contributed by atoms with Crippen LogP contribution >= 0.6 is 22.9 Å². The van der Waals surface area contributed by atoms with Crippen LogP contribution in [0.15, 0.2) is 40.8 Å². The molecule has 0 fully saturated rings. The molecule has 1 heterocycles. The minimum atomic E-state index is -0.114. The molecule has 0 aliphatic carbocycles. The zero-order valence-electron chi connectivity index (χ0n) is 13.1. The van der Waals surface area contributed by atoms with Crippen molar-refractivity contribution in [3.8, 4) is 5.75 Å². The van der Waals surface area contributed by atoms with Crippen molar-refractivity contribution in [2.45, 2.75) is 26.7 Å². The molecule has 1 N–H and O–H groups in total. The first-order chi connectivity index (χ1) is 11.1. The summed E-state index contributed by atoms with van der Waals surface area (Å²) in [6.07, 6.45) is 0.995. The topological polar surface area (TPSA) is 50.7 Å². The molecule has 0 aliphatic heterocycles. The van der Waals surface area contributed by atoms with E-state index in [1.807, 2.05) is 43.5 Å². The largest absolute Gasteiger partial charge is 0.493 e. The van der Waals surface area contributed by atoms with Gasteiger partial charge in [0.2, 0.25) is 5.91 Å². The van der Waals surface area contributed by atoms with Gasteiger partial charge < -0.3 is 4.74 Å². The van der Waals surface area contributed by atoms with E-state index < -0.39 is 0 Å². The molecule has 0 saturated carbocycles. The summed E-state index contributed by atoms with van der Waals surface area (Å²) in [6, 6.07) is 9.41. The minimum Gasteiger partial charge on any atom is -0.493 e. The SMILES string of the molecule is CC(=NNC(=O)CCCOc1ccc(Cl)cc1C)c1cccs1. The maximum atomic E-state index is 11.8. The zero-order chi connectivity index (χ0) is 16.7. The van der Waals surface area contributed by atoms with Crippen LogP contribution < -0.4 is 10.2 Å². The molecule has 122 valence electrons. The van der Waals surface area contributed by atoms with E-state index in [4.69, 9.17) is 16.3 Å². The molecule has 0 aliphatic rings. The van der Waals surface area contributed by atoms with Crippen molar-refractivity contribution < 1.29 is 9.53 Å². The molecule has 6 heteroatoms. The van der Waals surface area contributed by atoms with Gasteiger partial charge in [-0.2, -0.15) is 5.10 Å². The third-order valence-corrected chi connectivity index (χ3v) is 4.38. The number of nitrogens with zero attached hydrogens (tertiary/aromatic N) is 1. The lowest BCUT2D eigenvalue weighted by Crippen LogP contribution is -2.19. The smallest absolute Gasteiger partial charge is 0.240 e. The Morgan fingerprint density at radius 2 is 2.22 bits per heavy atom. The first-order valence-electron chi connectivity index (χ1n) is 7.32. The molecule has 0 radical (unpaired) electrons. The number of amides is 1. The minimum absolute atomic E-state index is 0.114. The normalized spacial score (nSPS) is 11.3. The molecule has 0 unspecified atom stereocenters. The Morgan fingerprint density at radius 3 is 2.91 bits per heavy atom. The van der Waals surface area contributed by atoms with Gasteiger partial charge in [-0.3, -0.25) is 4.79 Å². The highest BCUT2D eigenvalue weighted by molar-refractivity contribution is 7.12. The van der Waals surface area contributed by atoms with Crippen LogP contribution in [-0.2, 0) is 4.79 Å². The van der Waals surface area contributed by atoms with Crippen molar-refractivity contribution in [1.82, 2.24) is 5.43 Å². The number of thiophene rings is 1. The molecule has 1 aromatic heterocycles. The molecule has 1 amide bonds. The Bertz CT molecular complexity index is 684. The fourth-order valence-corrected chi connectivity index (χ4v) is 2.83. The predicted molar refractivity (Wildman–Crippen MR) is 95.6 cm³/mol. The lowest BCUT2D eigenvalue weighted by molar-refractivity contribution is -0.121. The number of aryl methyl sites for hydroxylation is 1. The van der Waals surface area contributed by atoms with Gasteiger partial charge in [-0.15, -0.1) is 11.3 Å². The van der Waals surface area contributed by atoms with Crippen molar-refractivity contribution in [2.75, 3.05) is 6.61 Å². The summed E-state index contributed by atoms with van der Waals surface area (Å²) in [7, 11) is 0. The lowest BCUT2D eigenvalue weighted by atomic mass is 10.2. The summed E-state index contributed by atoms with van der Waals surface area (Å²) < 4.78 is 5.65. The second-order valence-corrected chi connectivity index (χ2v) is 6.46. The van der Waals surface area contributed by atoms with Crippen molar-refractivity contribution in [3.05, 3.63) is 51.2 Å². The summed E-state index contributed by atoms with van der Waals surface area (Å²) in [5.41, 5.74) is 4.36. The van der Waals surface area contributed by atoms with Crippen LogP contribution in [-0.4, -0.2) is 18.2 Å². The molecule has 0 atom stereocenters. The van der Waals surface area contributed by atoms with E-state index in [0.29, 0.717) is 24.5 Å². The van der Waals surface area contributed by atoms with E-state index in [2.05, 4.69) is 10.5 Å². The standard InChI is InChI=1S/C17H19ClN2O2S/c1-12-11-14(18)7-8-15(12)22-9-3-6-17(21)20-19-13(2)16-5-4-10-23-16/h4-5,7-8,10-11H,3,6,9H2,1-2H3,(H,20,21). The monoisotopic (exact) mass is 350 g/mol. The first-order valence-corrected chi connectivity index (χ1v) is 8.58. The van der Waals surface area contributed by atoms with Gasteiger partial charge in [0.1, 0.15) is 5.75 Å². The number of carbonyl (C=O) groups excluding carboxylic acids is 1. The van der Waals surface area contributed by atoms with Gasteiger partial charge in [0.15, 0.2) is 0 Å². The van der Waals surface area contributed by atoms with Gasteiger partial charge in [-0.25, -0.2) is 5.43 Å². The molecule has 0 spiro atoms. The summed E-state index contributed by atoms with van der Waals surface area (Å²) in [5, 5.41) is 6.77. The second-order valence-electron chi connectivity index (χ2n) is 5.07. The number of hydrazone groups is 1. The molecule has 2 aromatic rings. The molecule has 2 rings (SSSR count). The number of ether oxygens (including phenoxy) is 1. The van der Waals surface area contributed by atoms with Gasteiger partial charge >= 0.3 is 0 Å². The molecule has 1 aromatic carbocycles. The summed E-state index contributed by atoms with van der Waals surface area (Å²) in [6.45, 7) is 4.29. The quantitative estimate of drug-likeness (QED) is 0.457. The maximum absolute atomic E-state index is 11.8. The molecule has 0 saturated heterocycles. The molecule has 23 heavy (non-hydrogen) atoms. The van der Waals surface area contributed by atoms with Gasteiger partial charge in [0, 0.05) is 16.3 Å². The maximum Gasteiger partial charge on any atom is 0.240 e. The van der Waals surface area contributed by atoms with E-state index in [1.54, 1.807) is 17.4 Å². The number of halogens is 1. The van der Waals surface area contributed by atoms with Gasteiger partial charge in [0.25, 0.3) is 0 Å². The number of hydrogen-bond acceptors (Lipinski definition) is 4. The predicted octanol–water partition coefficient (Wildman–Crippen LogP) is 4.41. The third-order valence-electron chi connectivity index (χ3n) is 3.17. The molecule has 4 nitrogen and oxygen atoms in total. The summed E-state index contributed by atoms with van der Waals surface area (Å²) in [4.78, 5) is 12.8. The fourth-order valence-electron chi connectivity index (χ4n) is 1.93. The number of rotatable bonds is 7. The van der Waals surface area contributed by atoms with Crippen molar-refractivity contribution in [2.24, 2.45) is 5.10 Å². The Labute approximate surface area is 145 Å². The number of nitrogens with one attached hydrogen (secondary N) is 1. The first kappa shape index (κ1) is 17.5. The van der Waals surface area contributed by atoms with Crippen LogP contribution in [0.2, 0.25) is 5.02 Å². The molecular formula is C17H19ClN2O2S. The highest BCUT2D eigenvalue weighted by atomic mass is 35.5. The van der Waals surface area contributed by atoms with Crippen molar-refractivity contribution in [1.29, 1.82) is 0 Å². The van der Waals surface area contributed by atoms with E-state index >= 15 is 0 Å². The van der Waals surface area contributed by atoms with Crippen LogP contribution in [0.25, 0.3) is 0 Å². The van der Waals surface area contributed by atoms with E-state index in [1.165, 1.54) is 0 Å². The van der Waals surface area contributed by atoms with Gasteiger partial charge in [-0.1, -0.05) is 17.7 Å². The van der Waals surface area contributed by atoms with Crippen LogP contribution in [0.1, 0.15) is 30.2 Å². The summed E-state index contributed by atoms with van der Waals surface area (Å²) in [5.74, 6) is 0.679. The average Bonchev–Trinajstić information content (AvgIpc) is 3.05. The highest BCUT2D eigenvalue weighted by Gasteiger charge is 2.04. The summed E-state index contributed by atoms with van der Waals surface area (Å²) >= 11 is 7.49. The number of benzene rings is 1. The van der Waals surface area contributed by atoms with E-state index in [9.17, 15) is 4.79 Å². The fraction of sp³-hybridized carbons (Fsp3) is 0.294. The number of carbonyl (C=O) groups is 1. The zero-order valence-corrected chi connectivity index (χ0v) is 14.7. The van der Waals surface area contributed by atoms with Gasteiger partial charge in [0.05, 0.1) is 12.3 Å². The van der Waals surface area contributed by atoms with Crippen LogP contribution in [0.3, 0.4) is 0 Å². The van der Waals surface area contributed by atoms with E-state index in [0.717, 1.165) is 21.9 Å². The molecule has 0 bridgehead atoms. The van der Waals surface area contributed by atoms with Crippen molar-refractivity contribution in [3.63, 3.8) is 0 Å². The lowest BCUT2D eigenvalue weighted by Gasteiger charge is -2.09. The second kappa shape index (κ2) is 8.70.